The molecule has 2 aromatic carbocycles. The predicted octanol–water partition coefficient (Wildman–Crippen LogP) is 0.683. The Kier molecular flexibility index (Phi) is 10.4. The average molecular weight is 543 g/mol. The molecule has 0 saturated heterocycles. The number of amides is 1. The maximum Gasteiger partial charge on any atom is 1.00 e. The Morgan fingerprint density at radius 3 is 2.67 bits per heavy atom. The minimum atomic E-state index is -3.85. The fourth-order valence-corrected chi connectivity index (χ4v) is 4.32. The molecule has 1 heterocycles. The number of anilines is 1. The van der Waals surface area contributed by atoms with E-state index in [2.05, 4.69) is 9.44 Å². The first kappa shape index (κ1) is 29.6. The zero-order valence-electron chi connectivity index (χ0n) is 21.2. The van der Waals surface area contributed by atoms with Crippen LogP contribution < -0.4 is 49.4 Å². The number of hydrogen-bond acceptors (Lipinski definition) is 7. The fourth-order valence-electron chi connectivity index (χ4n) is 3.24. The summed E-state index contributed by atoms with van der Waals surface area (Å²) in [4.78, 5) is 25.9. The summed E-state index contributed by atoms with van der Waals surface area (Å²) in [7, 11) is -0.796. The molecule has 186 valence electrons. The van der Waals surface area contributed by atoms with Crippen molar-refractivity contribution in [1.82, 2.24) is 9.62 Å². The van der Waals surface area contributed by atoms with E-state index in [1.165, 1.54) is 25.1 Å². The zero-order valence-corrected chi connectivity index (χ0v) is 23.8. The first-order valence-corrected chi connectivity index (χ1v) is 12.2. The molecular formula is C23H24ClN4NaO6S. The predicted molar refractivity (Wildman–Crippen MR) is 133 cm³/mol. The minimum absolute atomic E-state index is 0. The number of rotatable bonds is 8. The molecule has 0 aliphatic heterocycles. The van der Waals surface area contributed by atoms with Crippen LogP contribution in [0, 0.1) is 18.3 Å². The van der Waals surface area contributed by atoms with Crippen LogP contribution in [0.5, 0.6) is 5.75 Å². The van der Waals surface area contributed by atoms with Crippen molar-refractivity contribution in [2.45, 2.75) is 19.8 Å². The summed E-state index contributed by atoms with van der Waals surface area (Å²) >= 11 is 6.30. The Hall–Kier alpha value is -2.59. The number of fused-ring (bicyclic) bond motifs is 1. The molecule has 0 saturated carbocycles. The Labute approximate surface area is 237 Å². The molecule has 0 aliphatic rings. The van der Waals surface area contributed by atoms with E-state index < -0.39 is 21.9 Å². The molecule has 13 heteroatoms. The molecule has 3 aromatic rings. The Bertz CT molecular complexity index is 1490. The van der Waals surface area contributed by atoms with E-state index in [4.69, 9.17) is 26.0 Å². The zero-order chi connectivity index (χ0) is 25.8. The second-order valence-electron chi connectivity index (χ2n) is 7.82. The van der Waals surface area contributed by atoms with Crippen LogP contribution in [-0.2, 0) is 16.6 Å². The number of nitrogens with zero attached hydrogens (tertiary/aromatic N) is 2. The van der Waals surface area contributed by atoms with Crippen molar-refractivity contribution < 1.29 is 53.4 Å². The van der Waals surface area contributed by atoms with Gasteiger partial charge in [0, 0.05) is 50.5 Å². The summed E-state index contributed by atoms with van der Waals surface area (Å²) in [5, 5.41) is 9.31. The van der Waals surface area contributed by atoms with Gasteiger partial charge in [-0.3, -0.25) is 4.72 Å². The molecule has 0 fully saturated rings. The van der Waals surface area contributed by atoms with Crippen molar-refractivity contribution in [3.8, 4) is 11.8 Å². The topological polar surface area (TPSA) is 142 Å². The molecule has 0 radical (unpaired) electrons. The molecule has 1 amide bonds. The Balaban J connectivity index is 0.00000342. The first-order valence-electron chi connectivity index (χ1n) is 10.4. The molecule has 3 rings (SSSR count). The number of carbonyl (C=O) groups excluding carboxylic acids is 1. The molecule has 0 bridgehead atoms. The van der Waals surface area contributed by atoms with E-state index in [0.29, 0.717) is 27.8 Å². The molecular weight excluding hydrogens is 519 g/mol. The van der Waals surface area contributed by atoms with E-state index >= 15 is 0 Å². The van der Waals surface area contributed by atoms with Gasteiger partial charge in [0.1, 0.15) is 5.58 Å². The summed E-state index contributed by atoms with van der Waals surface area (Å²) in [6.07, 6.45) is -0.407. The first-order chi connectivity index (χ1) is 16.5. The molecule has 0 unspecified atom stereocenters. The van der Waals surface area contributed by atoms with Gasteiger partial charge in [0.25, 0.3) is 10.2 Å². The van der Waals surface area contributed by atoms with Crippen LogP contribution in [0.4, 0.5) is 10.5 Å². The summed E-state index contributed by atoms with van der Waals surface area (Å²) in [5.74, 6) is 0.0662. The molecule has 0 atom stereocenters. The smallest absolute Gasteiger partial charge is 1.00 e. The molecule has 0 aliphatic carbocycles. The van der Waals surface area contributed by atoms with Gasteiger partial charge in [-0.1, -0.05) is 23.7 Å². The largest absolute Gasteiger partial charge is 1.00 e. The van der Waals surface area contributed by atoms with Gasteiger partial charge in [-0.15, -0.1) is 0 Å². The number of aryl methyl sites for hydroxylation is 1. The summed E-state index contributed by atoms with van der Waals surface area (Å²) < 4.78 is 39.6. The average Bonchev–Trinajstić information content (AvgIpc) is 2.78. The second kappa shape index (κ2) is 12.6. The Morgan fingerprint density at radius 1 is 1.28 bits per heavy atom. The van der Waals surface area contributed by atoms with Crippen LogP contribution in [0.15, 0.2) is 45.6 Å². The summed E-state index contributed by atoms with van der Waals surface area (Å²) in [6.45, 7) is 1.74. The van der Waals surface area contributed by atoms with Gasteiger partial charge in [0.15, 0.2) is 5.75 Å². The third-order valence-electron chi connectivity index (χ3n) is 4.99. The molecule has 1 aromatic heterocycles. The van der Waals surface area contributed by atoms with Crippen molar-refractivity contribution in [2.75, 3.05) is 25.4 Å². The van der Waals surface area contributed by atoms with Crippen molar-refractivity contribution in [1.29, 1.82) is 5.26 Å². The van der Waals surface area contributed by atoms with Gasteiger partial charge in [0.05, 0.1) is 16.8 Å². The van der Waals surface area contributed by atoms with Gasteiger partial charge in [-0.2, -0.15) is 18.4 Å². The molecule has 0 spiro atoms. The number of benzene rings is 2. The van der Waals surface area contributed by atoms with Crippen LogP contribution in [0.25, 0.3) is 11.0 Å². The van der Waals surface area contributed by atoms with Crippen molar-refractivity contribution in [2.24, 2.45) is 0 Å². The third kappa shape index (κ3) is 7.46. The van der Waals surface area contributed by atoms with Crippen molar-refractivity contribution >= 4 is 44.6 Å². The van der Waals surface area contributed by atoms with Gasteiger partial charge in [-0.05, 0) is 36.2 Å². The number of carbonyl (C=O) groups is 1. The van der Waals surface area contributed by atoms with Crippen LogP contribution in [0.2, 0.25) is 5.02 Å². The van der Waals surface area contributed by atoms with Gasteiger partial charge < -0.3 is 15.5 Å². The van der Waals surface area contributed by atoms with Crippen molar-refractivity contribution in [3.63, 3.8) is 0 Å². The normalized spacial score (nSPS) is 10.9. The van der Waals surface area contributed by atoms with Crippen LogP contribution >= 0.6 is 11.6 Å². The SMILES string of the molecule is Cc1c(Cc2cccc(NS(=O)(=O)NCCC#N)c2)c(=O)oc2cc(OC(=O)N(C)C)c(Cl)cc12.[H-].[Na+]. The maximum absolute atomic E-state index is 12.8. The second-order valence-corrected chi connectivity index (χ2v) is 9.73. The number of hydrogen-bond donors (Lipinski definition) is 2. The van der Waals surface area contributed by atoms with E-state index in [0.717, 1.165) is 0 Å². The number of nitriles is 1. The van der Waals surface area contributed by atoms with E-state index in [1.54, 1.807) is 37.3 Å². The third-order valence-corrected chi connectivity index (χ3v) is 6.38. The minimum Gasteiger partial charge on any atom is -1.00 e. The number of nitrogens with one attached hydrogen (secondary N) is 2. The van der Waals surface area contributed by atoms with Crippen LogP contribution in [-0.4, -0.2) is 40.1 Å². The van der Waals surface area contributed by atoms with Crippen molar-refractivity contribution in [3.05, 3.63) is 68.5 Å². The number of halogens is 1. The number of ether oxygens (including phenoxy) is 1. The maximum atomic E-state index is 12.8. The molecule has 10 nitrogen and oxygen atoms in total. The Morgan fingerprint density at radius 2 is 2.00 bits per heavy atom. The standard InChI is InChI=1S/C23H23ClN4O6S.Na.H/c1-14-17-12-19(24)21(34-23(30)28(2)3)13-20(17)33-22(29)18(14)11-15-6-4-7-16(10-15)27-35(31,32)26-9-5-8-25;;/h4,6-7,10,12-13,26-27H,5,9,11H2,1-3H3;;/q;+1;-1. The van der Waals surface area contributed by atoms with Gasteiger partial charge >= 0.3 is 41.3 Å². The quantitative estimate of drug-likeness (QED) is 0.242. The van der Waals surface area contributed by atoms with Crippen LogP contribution in [0.1, 0.15) is 24.5 Å². The van der Waals surface area contributed by atoms with E-state index in [1.807, 2.05) is 6.07 Å². The summed E-state index contributed by atoms with van der Waals surface area (Å²) in [6, 6.07) is 11.4. The van der Waals surface area contributed by atoms with Gasteiger partial charge in [0.2, 0.25) is 0 Å². The van der Waals surface area contributed by atoms with E-state index in [9.17, 15) is 18.0 Å². The molecule has 2 N–H and O–H groups in total. The molecule has 36 heavy (non-hydrogen) atoms. The van der Waals surface area contributed by atoms with Crippen LogP contribution in [0.3, 0.4) is 0 Å². The van der Waals surface area contributed by atoms with Gasteiger partial charge in [-0.25, -0.2) is 9.59 Å². The monoisotopic (exact) mass is 542 g/mol. The van der Waals surface area contributed by atoms with E-state index in [-0.39, 0.29) is 66.7 Å². The summed E-state index contributed by atoms with van der Waals surface area (Å²) in [5.41, 5.74) is 1.61. The fraction of sp³-hybridized carbons (Fsp3) is 0.261.